The summed E-state index contributed by atoms with van der Waals surface area (Å²) in [5.74, 6) is -0.688. The fourth-order valence-corrected chi connectivity index (χ4v) is 1.79. The third kappa shape index (κ3) is 4.24. The molecule has 0 aliphatic carbocycles. The molecular weight excluding hydrogens is 303 g/mol. The highest BCUT2D eigenvalue weighted by atomic mass is 19.4. The first kappa shape index (κ1) is 15.9. The van der Waals surface area contributed by atoms with Gasteiger partial charge >= 0.3 is 11.8 Å². The molecule has 0 saturated heterocycles. The van der Waals surface area contributed by atoms with E-state index in [4.69, 9.17) is 9.15 Å². The Morgan fingerprint density at radius 2 is 2.05 bits per heavy atom. The van der Waals surface area contributed by atoms with Crippen LogP contribution in [0, 0.1) is 6.92 Å². The Morgan fingerprint density at radius 3 is 2.73 bits per heavy atom. The quantitative estimate of drug-likeness (QED) is 0.878. The number of carbonyl (C=O) groups is 1. The molecule has 0 bridgehead atoms. The smallest absolute Gasteiger partial charge is 0.405 e. The minimum absolute atomic E-state index is 0.211. The standard InChI is InChI=1S/C14H12F3NO4/c1-8-4-13(20)22-11-5-9(2-3-10(8)11)21-6-12(19)18-7-14(15,16)17/h2-5H,6-7H2,1H3,(H,18,19). The van der Waals surface area contributed by atoms with E-state index < -0.39 is 30.9 Å². The highest BCUT2D eigenvalue weighted by Gasteiger charge is 2.27. The number of aryl methyl sites for hydroxylation is 1. The molecule has 0 spiro atoms. The Balaban J connectivity index is 2.03. The average Bonchev–Trinajstić information content (AvgIpc) is 2.41. The van der Waals surface area contributed by atoms with E-state index in [0.717, 1.165) is 5.56 Å². The molecule has 1 aromatic heterocycles. The monoisotopic (exact) mass is 315 g/mol. The number of amides is 1. The normalized spacial score (nSPS) is 11.5. The Hall–Kier alpha value is -2.51. The number of carbonyl (C=O) groups excluding carboxylic acids is 1. The Labute approximate surface area is 122 Å². The molecule has 1 amide bonds. The third-order valence-electron chi connectivity index (χ3n) is 2.78. The van der Waals surface area contributed by atoms with Crippen LogP contribution in [-0.4, -0.2) is 25.2 Å². The number of hydrogen-bond acceptors (Lipinski definition) is 4. The first-order valence-electron chi connectivity index (χ1n) is 6.25. The van der Waals surface area contributed by atoms with E-state index >= 15 is 0 Å². The van der Waals surface area contributed by atoms with Gasteiger partial charge in [0.05, 0.1) is 0 Å². The van der Waals surface area contributed by atoms with Crippen LogP contribution < -0.4 is 15.7 Å². The minimum atomic E-state index is -4.47. The summed E-state index contributed by atoms with van der Waals surface area (Å²) >= 11 is 0. The van der Waals surface area contributed by atoms with Crippen molar-refractivity contribution in [1.82, 2.24) is 5.32 Å². The molecule has 0 saturated carbocycles. The van der Waals surface area contributed by atoms with Crippen LogP contribution in [0.2, 0.25) is 0 Å². The van der Waals surface area contributed by atoms with Crippen molar-refractivity contribution in [2.24, 2.45) is 0 Å². The summed E-state index contributed by atoms with van der Waals surface area (Å²) < 4.78 is 45.9. The van der Waals surface area contributed by atoms with Crippen molar-refractivity contribution in [2.75, 3.05) is 13.2 Å². The molecule has 2 rings (SSSR count). The summed E-state index contributed by atoms with van der Waals surface area (Å²) in [6, 6.07) is 5.91. The molecule has 1 heterocycles. The minimum Gasteiger partial charge on any atom is -0.484 e. The largest absolute Gasteiger partial charge is 0.484 e. The number of halogens is 3. The fraction of sp³-hybridized carbons (Fsp3) is 0.286. The van der Waals surface area contributed by atoms with Crippen LogP contribution in [0.5, 0.6) is 5.75 Å². The molecule has 1 N–H and O–H groups in total. The SMILES string of the molecule is Cc1cc(=O)oc2cc(OCC(=O)NCC(F)(F)F)ccc12. The van der Waals surface area contributed by atoms with E-state index in [1.165, 1.54) is 18.2 Å². The van der Waals surface area contributed by atoms with Crippen LogP contribution >= 0.6 is 0 Å². The molecule has 0 aliphatic heterocycles. The van der Waals surface area contributed by atoms with Crippen LogP contribution in [-0.2, 0) is 4.79 Å². The molecule has 0 radical (unpaired) electrons. The van der Waals surface area contributed by atoms with Crippen LogP contribution in [0.25, 0.3) is 11.0 Å². The van der Waals surface area contributed by atoms with Crippen molar-refractivity contribution < 1.29 is 27.1 Å². The number of ether oxygens (including phenoxy) is 1. The summed E-state index contributed by atoms with van der Waals surface area (Å²) in [7, 11) is 0. The van der Waals surface area contributed by atoms with Gasteiger partial charge in [-0.1, -0.05) is 0 Å². The zero-order valence-corrected chi connectivity index (χ0v) is 11.5. The highest BCUT2D eigenvalue weighted by Crippen LogP contribution is 2.22. The van der Waals surface area contributed by atoms with Crippen LogP contribution in [0.4, 0.5) is 13.2 Å². The lowest BCUT2D eigenvalue weighted by molar-refractivity contribution is -0.139. The molecule has 118 valence electrons. The zero-order valence-electron chi connectivity index (χ0n) is 11.5. The molecular formula is C14H12F3NO4. The van der Waals surface area contributed by atoms with Gasteiger partial charge in [-0.15, -0.1) is 0 Å². The van der Waals surface area contributed by atoms with Gasteiger partial charge < -0.3 is 14.5 Å². The second-order valence-electron chi connectivity index (χ2n) is 4.59. The maximum atomic E-state index is 11.9. The molecule has 0 fully saturated rings. The van der Waals surface area contributed by atoms with E-state index in [1.807, 2.05) is 0 Å². The van der Waals surface area contributed by atoms with Gasteiger partial charge in [0.25, 0.3) is 5.91 Å². The number of alkyl halides is 3. The second kappa shape index (κ2) is 6.08. The number of benzene rings is 1. The van der Waals surface area contributed by atoms with Crippen molar-refractivity contribution in [2.45, 2.75) is 13.1 Å². The van der Waals surface area contributed by atoms with Gasteiger partial charge in [0.15, 0.2) is 6.61 Å². The summed E-state index contributed by atoms with van der Waals surface area (Å²) in [4.78, 5) is 22.5. The van der Waals surface area contributed by atoms with E-state index in [2.05, 4.69) is 0 Å². The lowest BCUT2D eigenvalue weighted by atomic mass is 10.1. The van der Waals surface area contributed by atoms with Crippen molar-refractivity contribution >= 4 is 16.9 Å². The highest BCUT2D eigenvalue weighted by molar-refractivity contribution is 5.81. The van der Waals surface area contributed by atoms with Crippen LogP contribution in [0.3, 0.4) is 0 Å². The number of nitrogens with one attached hydrogen (secondary N) is 1. The Morgan fingerprint density at radius 1 is 1.32 bits per heavy atom. The lowest BCUT2D eigenvalue weighted by Gasteiger charge is -2.10. The summed E-state index contributed by atoms with van der Waals surface area (Å²) in [6.07, 6.45) is -4.47. The molecule has 2 aromatic rings. The maximum Gasteiger partial charge on any atom is 0.405 e. The summed E-state index contributed by atoms with van der Waals surface area (Å²) in [6.45, 7) is -0.247. The van der Waals surface area contributed by atoms with E-state index in [1.54, 1.807) is 18.3 Å². The molecule has 5 nitrogen and oxygen atoms in total. The second-order valence-corrected chi connectivity index (χ2v) is 4.59. The maximum absolute atomic E-state index is 11.9. The number of hydrogen-bond donors (Lipinski definition) is 1. The van der Waals surface area contributed by atoms with Crippen molar-refractivity contribution in [3.8, 4) is 5.75 Å². The first-order valence-corrected chi connectivity index (χ1v) is 6.25. The molecule has 8 heteroatoms. The van der Waals surface area contributed by atoms with Gasteiger partial charge in [-0.2, -0.15) is 13.2 Å². The van der Waals surface area contributed by atoms with Gasteiger partial charge in [-0.05, 0) is 24.6 Å². The molecule has 0 aliphatic rings. The van der Waals surface area contributed by atoms with Crippen LogP contribution in [0.1, 0.15) is 5.56 Å². The molecule has 22 heavy (non-hydrogen) atoms. The van der Waals surface area contributed by atoms with Crippen LogP contribution in [0.15, 0.2) is 33.5 Å². The summed E-state index contributed by atoms with van der Waals surface area (Å²) in [5, 5.41) is 2.39. The predicted octanol–water partition coefficient (Wildman–Crippen LogP) is 2.16. The number of fused-ring (bicyclic) bond motifs is 1. The first-order chi connectivity index (χ1) is 10.2. The van der Waals surface area contributed by atoms with E-state index in [0.29, 0.717) is 5.39 Å². The molecule has 0 unspecified atom stereocenters. The van der Waals surface area contributed by atoms with Gasteiger partial charge in [0, 0.05) is 17.5 Å². The zero-order chi connectivity index (χ0) is 16.3. The van der Waals surface area contributed by atoms with Gasteiger partial charge in [-0.25, -0.2) is 4.79 Å². The van der Waals surface area contributed by atoms with Gasteiger partial charge in [0.1, 0.15) is 17.9 Å². The Bertz CT molecular complexity index is 752. The predicted molar refractivity (Wildman–Crippen MR) is 71.8 cm³/mol. The van der Waals surface area contributed by atoms with Gasteiger partial charge in [-0.3, -0.25) is 4.79 Å². The number of rotatable bonds is 4. The Kier molecular flexibility index (Phi) is 4.39. The average molecular weight is 315 g/mol. The molecule has 0 atom stereocenters. The van der Waals surface area contributed by atoms with E-state index in [9.17, 15) is 22.8 Å². The third-order valence-corrected chi connectivity index (χ3v) is 2.78. The fourth-order valence-electron chi connectivity index (χ4n) is 1.79. The topological polar surface area (TPSA) is 68.5 Å². The van der Waals surface area contributed by atoms with Crippen molar-refractivity contribution in [3.63, 3.8) is 0 Å². The lowest BCUT2D eigenvalue weighted by Crippen LogP contribution is -2.36. The van der Waals surface area contributed by atoms with Gasteiger partial charge in [0.2, 0.25) is 0 Å². The molecule has 1 aromatic carbocycles. The van der Waals surface area contributed by atoms with Crippen molar-refractivity contribution in [1.29, 1.82) is 0 Å². The summed E-state index contributed by atoms with van der Waals surface area (Å²) in [5.41, 5.74) is 0.476. The van der Waals surface area contributed by atoms with Crippen molar-refractivity contribution in [3.05, 3.63) is 40.2 Å². The van der Waals surface area contributed by atoms with E-state index in [-0.39, 0.29) is 11.3 Å².